The SMILES string of the molecule is CCCC(=O)OCI. The lowest BCUT2D eigenvalue weighted by Gasteiger charge is -1.95. The quantitative estimate of drug-likeness (QED) is 0.417. The van der Waals surface area contributed by atoms with E-state index < -0.39 is 0 Å². The van der Waals surface area contributed by atoms with Crippen LogP contribution >= 0.6 is 22.6 Å². The van der Waals surface area contributed by atoms with Gasteiger partial charge in [-0.15, -0.1) is 0 Å². The van der Waals surface area contributed by atoms with Crippen molar-refractivity contribution in [1.29, 1.82) is 0 Å². The molecule has 0 aliphatic heterocycles. The van der Waals surface area contributed by atoms with E-state index in [1.54, 1.807) is 0 Å². The van der Waals surface area contributed by atoms with Crippen molar-refractivity contribution in [1.82, 2.24) is 0 Å². The number of ether oxygens (including phenoxy) is 1. The molecule has 0 radical (unpaired) electrons. The van der Waals surface area contributed by atoms with Gasteiger partial charge in [0.25, 0.3) is 0 Å². The largest absolute Gasteiger partial charge is 0.455 e. The highest BCUT2D eigenvalue weighted by Gasteiger charge is 1.95. The van der Waals surface area contributed by atoms with E-state index in [-0.39, 0.29) is 5.97 Å². The first-order chi connectivity index (χ1) is 3.81. The van der Waals surface area contributed by atoms with Crippen LogP contribution in [0.3, 0.4) is 0 Å². The van der Waals surface area contributed by atoms with Crippen molar-refractivity contribution in [2.24, 2.45) is 0 Å². The summed E-state index contributed by atoms with van der Waals surface area (Å²) in [6.07, 6.45) is 1.42. The Morgan fingerprint density at radius 1 is 1.75 bits per heavy atom. The van der Waals surface area contributed by atoms with Crippen LogP contribution in [-0.4, -0.2) is 10.6 Å². The predicted octanol–water partition coefficient (Wildman–Crippen LogP) is 1.72. The Labute approximate surface area is 62.7 Å². The number of carbonyl (C=O) groups excluding carboxylic acids is 1. The van der Waals surface area contributed by atoms with Gasteiger partial charge in [0.05, 0.1) is 0 Å². The highest BCUT2D eigenvalue weighted by atomic mass is 127. The Balaban J connectivity index is 3.06. The molecule has 0 bridgehead atoms. The number of hydrogen-bond donors (Lipinski definition) is 0. The highest BCUT2D eigenvalue weighted by molar-refractivity contribution is 14.1. The van der Waals surface area contributed by atoms with Gasteiger partial charge in [-0.3, -0.25) is 4.79 Å². The van der Waals surface area contributed by atoms with Gasteiger partial charge >= 0.3 is 5.97 Å². The van der Waals surface area contributed by atoms with Crippen LogP contribution in [0.4, 0.5) is 0 Å². The van der Waals surface area contributed by atoms with Crippen molar-refractivity contribution >= 4 is 28.6 Å². The molecule has 0 fully saturated rings. The molecule has 0 N–H and O–H groups in total. The zero-order valence-electron chi connectivity index (χ0n) is 4.82. The minimum absolute atomic E-state index is 0.0955. The molecule has 0 aromatic rings. The molecule has 0 spiro atoms. The van der Waals surface area contributed by atoms with Gasteiger partial charge < -0.3 is 4.74 Å². The van der Waals surface area contributed by atoms with E-state index in [1.807, 2.05) is 29.5 Å². The Morgan fingerprint density at radius 2 is 2.38 bits per heavy atom. The molecule has 3 heteroatoms. The van der Waals surface area contributed by atoms with Crippen molar-refractivity contribution in [2.45, 2.75) is 19.8 Å². The van der Waals surface area contributed by atoms with E-state index in [0.717, 1.165) is 6.42 Å². The van der Waals surface area contributed by atoms with Crippen LogP contribution < -0.4 is 0 Å². The number of alkyl halides is 1. The van der Waals surface area contributed by atoms with Crippen LogP contribution in [0, 0.1) is 0 Å². The molecule has 0 amide bonds. The van der Waals surface area contributed by atoms with Gasteiger partial charge in [0, 0.05) is 6.42 Å². The molecule has 0 aliphatic carbocycles. The fourth-order valence-corrected chi connectivity index (χ4v) is 0.684. The summed E-state index contributed by atoms with van der Waals surface area (Å²) in [4.78, 5) is 10.4. The Hall–Kier alpha value is 0.200. The van der Waals surface area contributed by atoms with Crippen molar-refractivity contribution in [3.05, 3.63) is 0 Å². The summed E-state index contributed by atoms with van der Waals surface area (Å²) in [5.74, 6) is -0.0955. The average molecular weight is 228 g/mol. The summed E-state index contributed by atoms with van der Waals surface area (Å²) in [7, 11) is 0. The van der Waals surface area contributed by atoms with Gasteiger partial charge in [-0.05, 0) is 29.0 Å². The molecule has 0 rings (SSSR count). The second-order valence-corrected chi connectivity index (χ2v) is 2.00. The van der Waals surface area contributed by atoms with Gasteiger partial charge in [0.1, 0.15) is 4.61 Å². The van der Waals surface area contributed by atoms with E-state index >= 15 is 0 Å². The van der Waals surface area contributed by atoms with E-state index in [0.29, 0.717) is 11.0 Å². The van der Waals surface area contributed by atoms with Crippen LogP contribution in [0.25, 0.3) is 0 Å². The van der Waals surface area contributed by atoms with Crippen LogP contribution in [0.15, 0.2) is 0 Å². The van der Waals surface area contributed by atoms with Gasteiger partial charge in [-0.2, -0.15) is 0 Å². The molecule has 0 saturated carbocycles. The Kier molecular flexibility index (Phi) is 5.47. The molecule has 0 saturated heterocycles. The monoisotopic (exact) mass is 228 g/mol. The van der Waals surface area contributed by atoms with E-state index in [1.165, 1.54) is 0 Å². The number of carbonyl (C=O) groups is 1. The first-order valence-electron chi connectivity index (χ1n) is 2.52. The molecular formula is C5H9IO2. The third-order valence-electron chi connectivity index (χ3n) is 0.670. The molecule has 0 aromatic heterocycles. The Morgan fingerprint density at radius 3 is 2.75 bits per heavy atom. The normalized spacial score (nSPS) is 8.75. The van der Waals surface area contributed by atoms with Crippen molar-refractivity contribution in [3.63, 3.8) is 0 Å². The first-order valence-corrected chi connectivity index (χ1v) is 4.05. The number of halogens is 1. The molecule has 2 nitrogen and oxygen atoms in total. The second kappa shape index (κ2) is 5.34. The van der Waals surface area contributed by atoms with Gasteiger partial charge in [-0.25, -0.2) is 0 Å². The zero-order chi connectivity index (χ0) is 6.41. The molecule has 8 heavy (non-hydrogen) atoms. The summed E-state index contributed by atoms with van der Waals surface area (Å²) in [6.45, 7) is 1.95. The van der Waals surface area contributed by atoms with Gasteiger partial charge in [0.2, 0.25) is 0 Å². The molecule has 48 valence electrons. The summed E-state index contributed by atoms with van der Waals surface area (Å²) in [5, 5.41) is 0. The smallest absolute Gasteiger partial charge is 0.306 e. The first kappa shape index (κ1) is 8.20. The molecule has 0 heterocycles. The summed E-state index contributed by atoms with van der Waals surface area (Å²) >= 11 is 2.00. The minimum atomic E-state index is -0.0955. The van der Waals surface area contributed by atoms with Crippen LogP contribution in [0.1, 0.15) is 19.8 Å². The number of hydrogen-bond acceptors (Lipinski definition) is 2. The highest BCUT2D eigenvalue weighted by Crippen LogP contribution is 1.92. The van der Waals surface area contributed by atoms with E-state index in [2.05, 4.69) is 4.74 Å². The fourth-order valence-electron chi connectivity index (χ4n) is 0.337. The van der Waals surface area contributed by atoms with Crippen LogP contribution in [0.2, 0.25) is 0 Å². The number of esters is 1. The van der Waals surface area contributed by atoms with Crippen molar-refractivity contribution in [2.75, 3.05) is 4.61 Å². The molecule has 0 aliphatic rings. The standard InChI is InChI=1S/C5H9IO2/c1-2-3-5(7)8-4-6/h2-4H2,1H3. The van der Waals surface area contributed by atoms with Gasteiger partial charge in [-0.1, -0.05) is 6.92 Å². The van der Waals surface area contributed by atoms with Crippen molar-refractivity contribution < 1.29 is 9.53 Å². The predicted molar refractivity (Wildman–Crippen MR) is 39.9 cm³/mol. The summed E-state index contributed by atoms with van der Waals surface area (Å²) < 4.78 is 5.10. The zero-order valence-corrected chi connectivity index (χ0v) is 6.97. The topological polar surface area (TPSA) is 26.3 Å². The Bertz CT molecular complexity index is 64.8. The molecular weight excluding hydrogens is 219 g/mol. The third kappa shape index (κ3) is 4.36. The van der Waals surface area contributed by atoms with Crippen molar-refractivity contribution in [3.8, 4) is 0 Å². The summed E-state index contributed by atoms with van der Waals surface area (Å²) in [5.41, 5.74) is 0. The molecule has 0 atom stereocenters. The van der Waals surface area contributed by atoms with Gasteiger partial charge in [0.15, 0.2) is 0 Å². The van der Waals surface area contributed by atoms with Crippen LogP contribution in [0.5, 0.6) is 0 Å². The average Bonchev–Trinajstić information content (AvgIpc) is 1.68. The maximum atomic E-state index is 10.4. The van der Waals surface area contributed by atoms with E-state index in [4.69, 9.17) is 0 Å². The fraction of sp³-hybridized carbons (Fsp3) is 0.800. The maximum absolute atomic E-state index is 10.4. The lowest BCUT2D eigenvalue weighted by atomic mass is 10.3. The maximum Gasteiger partial charge on any atom is 0.306 e. The number of rotatable bonds is 3. The third-order valence-corrected chi connectivity index (χ3v) is 0.981. The second-order valence-electron chi connectivity index (χ2n) is 1.38. The summed E-state index contributed by atoms with van der Waals surface area (Å²) in [6, 6.07) is 0. The molecule has 0 aromatic carbocycles. The minimum Gasteiger partial charge on any atom is -0.455 e. The van der Waals surface area contributed by atoms with Crippen LogP contribution in [-0.2, 0) is 9.53 Å². The van der Waals surface area contributed by atoms with E-state index in [9.17, 15) is 4.79 Å². The lowest BCUT2D eigenvalue weighted by Crippen LogP contribution is -2.00. The molecule has 0 unspecified atom stereocenters. The lowest BCUT2D eigenvalue weighted by molar-refractivity contribution is -0.141.